The molecule has 0 amide bonds. The molecule has 234 valence electrons. The molecule has 1 aliphatic rings. The Bertz CT molecular complexity index is 2590. The molecule has 0 radical (unpaired) electrons. The molecule has 2 heterocycles. The van der Waals surface area contributed by atoms with Crippen molar-refractivity contribution in [2.75, 3.05) is 0 Å². The second-order valence-electron chi connectivity index (χ2n) is 13.0. The van der Waals surface area contributed by atoms with E-state index in [0.29, 0.717) is 5.95 Å². The quantitative estimate of drug-likeness (QED) is 0.188. The molecule has 50 heavy (non-hydrogen) atoms. The van der Waals surface area contributed by atoms with Crippen LogP contribution in [-0.2, 0) is 5.41 Å². The van der Waals surface area contributed by atoms with E-state index in [4.69, 9.17) is 9.97 Å². The summed E-state index contributed by atoms with van der Waals surface area (Å²) in [7, 11) is 0. The lowest BCUT2D eigenvalue weighted by atomic mass is 9.67. The SMILES string of the molecule is c1ccc(-c2cc(-c3ccccc3)nc(-n3c4ccccc4c4ccc(C5(c6ccccc6)c6ccccc6-c6ccccc65)cc43)n2)cc1. The minimum atomic E-state index is -0.508. The molecule has 0 unspecified atom stereocenters. The molecule has 0 fully saturated rings. The van der Waals surface area contributed by atoms with Crippen molar-refractivity contribution in [3.8, 4) is 39.6 Å². The van der Waals surface area contributed by atoms with E-state index in [1.165, 1.54) is 44.2 Å². The summed E-state index contributed by atoms with van der Waals surface area (Å²) < 4.78 is 2.26. The van der Waals surface area contributed by atoms with Crippen LogP contribution in [0.2, 0.25) is 0 Å². The maximum absolute atomic E-state index is 5.30. The van der Waals surface area contributed by atoms with Gasteiger partial charge in [-0.2, -0.15) is 0 Å². The predicted molar refractivity (Wildman–Crippen MR) is 205 cm³/mol. The molecule has 0 N–H and O–H groups in total. The van der Waals surface area contributed by atoms with Crippen molar-refractivity contribution < 1.29 is 0 Å². The van der Waals surface area contributed by atoms with E-state index in [2.05, 4.69) is 180 Å². The van der Waals surface area contributed by atoms with Gasteiger partial charge in [0.15, 0.2) is 0 Å². The standard InChI is InChI=1S/C47H31N3/c1-4-16-32(17-5-1)42-31-43(33-18-6-2-7-19-33)49-46(48-42)50-44-27-15-12-24-38(44)39-29-28-35(30-45(39)50)47(34-20-8-3-9-21-34)40-25-13-10-22-36(40)37-23-11-14-26-41(37)47/h1-31H. The van der Waals surface area contributed by atoms with E-state index in [-0.39, 0.29) is 0 Å². The Kier molecular flexibility index (Phi) is 6.40. The van der Waals surface area contributed by atoms with Gasteiger partial charge in [-0.25, -0.2) is 9.97 Å². The molecule has 7 aromatic carbocycles. The molecule has 3 nitrogen and oxygen atoms in total. The Balaban J connectivity index is 1.31. The summed E-state index contributed by atoms with van der Waals surface area (Å²) in [6.45, 7) is 0. The van der Waals surface area contributed by atoms with Gasteiger partial charge in [0.25, 0.3) is 0 Å². The number of benzene rings is 7. The molecule has 0 saturated heterocycles. The number of aromatic nitrogens is 3. The summed E-state index contributed by atoms with van der Waals surface area (Å²) >= 11 is 0. The molecule has 0 spiro atoms. The van der Waals surface area contributed by atoms with Crippen LogP contribution in [0.25, 0.3) is 61.4 Å². The largest absolute Gasteiger partial charge is 0.278 e. The van der Waals surface area contributed by atoms with Crippen LogP contribution < -0.4 is 0 Å². The van der Waals surface area contributed by atoms with Gasteiger partial charge in [-0.3, -0.25) is 4.57 Å². The smallest absolute Gasteiger partial charge is 0.235 e. The molecule has 9 aromatic rings. The number of fused-ring (bicyclic) bond motifs is 6. The molecule has 0 aliphatic heterocycles. The highest BCUT2D eigenvalue weighted by atomic mass is 15.2. The summed E-state index contributed by atoms with van der Waals surface area (Å²) in [5.74, 6) is 0.648. The Morgan fingerprint density at radius 1 is 0.380 bits per heavy atom. The number of hydrogen-bond donors (Lipinski definition) is 0. The fraction of sp³-hybridized carbons (Fsp3) is 0.0213. The monoisotopic (exact) mass is 637 g/mol. The normalized spacial score (nSPS) is 13.0. The van der Waals surface area contributed by atoms with Crippen LogP contribution in [0.1, 0.15) is 22.3 Å². The Morgan fingerprint density at radius 2 is 0.880 bits per heavy atom. The van der Waals surface area contributed by atoms with Gasteiger partial charge in [0, 0.05) is 21.9 Å². The van der Waals surface area contributed by atoms with E-state index < -0.39 is 5.41 Å². The third-order valence-electron chi connectivity index (χ3n) is 10.3. The summed E-state index contributed by atoms with van der Waals surface area (Å²) in [6.07, 6.45) is 0. The lowest BCUT2D eigenvalue weighted by Crippen LogP contribution is -2.28. The second kappa shape index (κ2) is 11.3. The van der Waals surface area contributed by atoms with Crippen molar-refractivity contribution in [3.05, 3.63) is 210 Å². The van der Waals surface area contributed by atoms with Crippen LogP contribution in [0.5, 0.6) is 0 Å². The van der Waals surface area contributed by atoms with Gasteiger partial charge in [0.05, 0.1) is 27.8 Å². The van der Waals surface area contributed by atoms with Gasteiger partial charge >= 0.3 is 0 Å². The second-order valence-corrected chi connectivity index (χ2v) is 13.0. The van der Waals surface area contributed by atoms with Gasteiger partial charge in [0.1, 0.15) is 0 Å². The first kappa shape index (κ1) is 28.4. The summed E-state index contributed by atoms with van der Waals surface area (Å²) in [6, 6.07) is 67.3. The average molecular weight is 638 g/mol. The zero-order valence-electron chi connectivity index (χ0n) is 27.2. The first-order valence-corrected chi connectivity index (χ1v) is 17.1. The molecule has 1 aliphatic carbocycles. The van der Waals surface area contributed by atoms with E-state index >= 15 is 0 Å². The maximum Gasteiger partial charge on any atom is 0.235 e. The highest BCUT2D eigenvalue weighted by Crippen LogP contribution is 2.56. The van der Waals surface area contributed by atoms with Crippen LogP contribution in [0.15, 0.2) is 188 Å². The Morgan fingerprint density at radius 3 is 1.50 bits per heavy atom. The average Bonchev–Trinajstić information content (AvgIpc) is 3.69. The van der Waals surface area contributed by atoms with E-state index in [0.717, 1.165) is 33.5 Å². The number of rotatable bonds is 5. The Hall–Kier alpha value is -6.58. The van der Waals surface area contributed by atoms with Crippen LogP contribution in [0.4, 0.5) is 0 Å². The Labute approximate surface area is 290 Å². The molecule has 3 heteroatoms. The number of hydrogen-bond acceptors (Lipinski definition) is 2. The lowest BCUT2D eigenvalue weighted by molar-refractivity contribution is 0.769. The summed E-state index contributed by atoms with van der Waals surface area (Å²) in [5, 5.41) is 2.34. The topological polar surface area (TPSA) is 30.7 Å². The molecular formula is C47H31N3. The first-order chi connectivity index (χ1) is 24.8. The van der Waals surface area contributed by atoms with E-state index in [1.807, 2.05) is 12.1 Å². The van der Waals surface area contributed by atoms with Crippen LogP contribution >= 0.6 is 0 Å². The first-order valence-electron chi connectivity index (χ1n) is 17.1. The maximum atomic E-state index is 5.30. The van der Waals surface area contributed by atoms with Gasteiger partial charge in [-0.05, 0) is 51.6 Å². The van der Waals surface area contributed by atoms with Crippen molar-refractivity contribution in [2.45, 2.75) is 5.41 Å². The fourth-order valence-corrected chi connectivity index (χ4v) is 8.18. The third-order valence-corrected chi connectivity index (χ3v) is 10.3. The molecule has 2 aromatic heterocycles. The van der Waals surface area contributed by atoms with Crippen molar-refractivity contribution in [1.82, 2.24) is 14.5 Å². The zero-order valence-corrected chi connectivity index (χ0v) is 27.2. The zero-order chi connectivity index (χ0) is 33.1. The molecule has 0 bridgehead atoms. The van der Waals surface area contributed by atoms with Crippen LogP contribution in [-0.4, -0.2) is 14.5 Å². The minimum Gasteiger partial charge on any atom is -0.278 e. The molecular weight excluding hydrogens is 607 g/mol. The number of nitrogens with zero attached hydrogens (tertiary/aromatic N) is 3. The third kappa shape index (κ3) is 4.17. The van der Waals surface area contributed by atoms with Gasteiger partial charge < -0.3 is 0 Å². The fourth-order valence-electron chi connectivity index (χ4n) is 8.18. The summed E-state index contributed by atoms with van der Waals surface area (Å²) in [4.78, 5) is 10.6. The van der Waals surface area contributed by atoms with E-state index in [9.17, 15) is 0 Å². The molecule has 0 atom stereocenters. The van der Waals surface area contributed by atoms with Crippen molar-refractivity contribution in [2.24, 2.45) is 0 Å². The van der Waals surface area contributed by atoms with Crippen molar-refractivity contribution in [1.29, 1.82) is 0 Å². The van der Waals surface area contributed by atoms with Gasteiger partial charge in [0.2, 0.25) is 5.95 Å². The molecule has 0 saturated carbocycles. The van der Waals surface area contributed by atoms with Crippen LogP contribution in [0, 0.1) is 0 Å². The number of para-hydroxylation sites is 1. The van der Waals surface area contributed by atoms with Crippen LogP contribution in [0.3, 0.4) is 0 Å². The molecule has 10 rings (SSSR count). The van der Waals surface area contributed by atoms with Crippen molar-refractivity contribution in [3.63, 3.8) is 0 Å². The summed E-state index contributed by atoms with van der Waals surface area (Å²) in [5.41, 5.74) is 13.1. The van der Waals surface area contributed by atoms with Gasteiger partial charge in [-0.15, -0.1) is 0 Å². The predicted octanol–water partition coefficient (Wildman–Crippen LogP) is 11.3. The van der Waals surface area contributed by atoms with Crippen molar-refractivity contribution >= 4 is 21.8 Å². The van der Waals surface area contributed by atoms with Gasteiger partial charge in [-0.1, -0.05) is 170 Å². The lowest BCUT2D eigenvalue weighted by Gasteiger charge is -2.34. The minimum absolute atomic E-state index is 0.508. The highest BCUT2D eigenvalue weighted by molar-refractivity contribution is 6.09. The van der Waals surface area contributed by atoms with E-state index in [1.54, 1.807) is 0 Å². The highest BCUT2D eigenvalue weighted by Gasteiger charge is 2.46.